The standard InChI is InChI=1S/C21H21N7O12S4/c22-18-15(10-17(44(37,38)39)19(23)20(18)28-25-12-3-1-2-11(8-12)21(24)29)27-26-14-5-4-13(9-16(14)43(34,35)36)42(32,33)7-6-40-41(30)31/h1-5,8-10,41H,6-7,22-23H2,(H2,24,29)(H,34,35,36)(H,37,38,39)/b27-26+,28-25+. The Labute approximate surface area is 251 Å². The first-order valence-electron chi connectivity index (χ1n) is 11.4. The zero-order chi connectivity index (χ0) is 33.0. The van der Waals surface area contributed by atoms with E-state index in [1.54, 1.807) is 0 Å². The van der Waals surface area contributed by atoms with Crippen molar-refractivity contribution >= 4 is 81.1 Å². The molecule has 0 heterocycles. The van der Waals surface area contributed by atoms with Gasteiger partial charge < -0.3 is 17.2 Å². The highest BCUT2D eigenvalue weighted by Gasteiger charge is 2.24. The Morgan fingerprint density at radius 3 is 2.02 bits per heavy atom. The van der Waals surface area contributed by atoms with Gasteiger partial charge in [0.2, 0.25) is 5.91 Å². The summed E-state index contributed by atoms with van der Waals surface area (Å²) in [5.41, 5.74) is 14.4. The van der Waals surface area contributed by atoms with Crippen LogP contribution in [0.1, 0.15) is 10.4 Å². The summed E-state index contributed by atoms with van der Waals surface area (Å²) in [5.74, 6) is -1.65. The Kier molecular flexibility index (Phi) is 10.1. The highest BCUT2D eigenvalue weighted by atomic mass is 32.2. The molecule has 0 unspecified atom stereocenters. The predicted octanol–water partition coefficient (Wildman–Crippen LogP) is 1.59. The molecule has 0 radical (unpaired) electrons. The first-order valence-corrected chi connectivity index (χ1v) is 17.0. The molecule has 236 valence electrons. The van der Waals surface area contributed by atoms with Gasteiger partial charge in [0.25, 0.3) is 31.2 Å². The summed E-state index contributed by atoms with van der Waals surface area (Å²) in [4.78, 5) is 8.77. The van der Waals surface area contributed by atoms with E-state index in [1.807, 2.05) is 0 Å². The van der Waals surface area contributed by atoms with Crippen molar-refractivity contribution in [3.63, 3.8) is 0 Å². The monoisotopic (exact) mass is 691 g/mol. The average Bonchev–Trinajstić information content (AvgIpc) is 2.91. The minimum atomic E-state index is -5.16. The highest BCUT2D eigenvalue weighted by molar-refractivity contribution is 7.91. The van der Waals surface area contributed by atoms with Crippen LogP contribution in [0, 0.1) is 0 Å². The Morgan fingerprint density at radius 1 is 0.795 bits per heavy atom. The lowest BCUT2D eigenvalue weighted by Gasteiger charge is -2.11. The third-order valence-corrected chi connectivity index (χ3v) is 9.22. The Morgan fingerprint density at radius 2 is 1.43 bits per heavy atom. The third-order valence-electron chi connectivity index (χ3n) is 5.38. The first-order chi connectivity index (χ1) is 20.3. The van der Waals surface area contributed by atoms with E-state index in [2.05, 4.69) is 24.6 Å². The number of nitrogens with two attached hydrogens (primary N) is 3. The van der Waals surface area contributed by atoms with Crippen molar-refractivity contribution < 1.29 is 51.8 Å². The lowest BCUT2D eigenvalue weighted by Crippen LogP contribution is -2.13. The number of thiol groups is 1. The minimum Gasteiger partial charge on any atom is -0.396 e. The van der Waals surface area contributed by atoms with E-state index in [0.29, 0.717) is 12.1 Å². The van der Waals surface area contributed by atoms with Gasteiger partial charge in [0, 0.05) is 5.56 Å². The van der Waals surface area contributed by atoms with Gasteiger partial charge in [-0.15, -0.1) is 15.3 Å². The van der Waals surface area contributed by atoms with Crippen LogP contribution in [-0.4, -0.2) is 61.0 Å². The maximum absolute atomic E-state index is 12.5. The van der Waals surface area contributed by atoms with E-state index < -0.39 is 102 Å². The Bertz CT molecular complexity index is 2100. The molecule has 1 amide bonds. The van der Waals surface area contributed by atoms with Crippen LogP contribution in [0.25, 0.3) is 0 Å². The molecule has 0 saturated heterocycles. The molecule has 0 aliphatic rings. The summed E-state index contributed by atoms with van der Waals surface area (Å²) >= 11 is 0. The second kappa shape index (κ2) is 13.1. The predicted molar refractivity (Wildman–Crippen MR) is 153 cm³/mol. The smallest absolute Gasteiger partial charge is 0.296 e. The van der Waals surface area contributed by atoms with Gasteiger partial charge in [0.05, 0.1) is 34.3 Å². The quantitative estimate of drug-likeness (QED) is 0.0680. The zero-order valence-electron chi connectivity index (χ0n) is 21.7. The van der Waals surface area contributed by atoms with Crippen LogP contribution in [0.4, 0.5) is 34.1 Å². The molecule has 0 fully saturated rings. The molecule has 3 aromatic carbocycles. The van der Waals surface area contributed by atoms with Crippen LogP contribution in [-0.2, 0) is 45.2 Å². The molecule has 3 rings (SSSR count). The molecule has 0 aliphatic heterocycles. The molecular weight excluding hydrogens is 671 g/mol. The number of hydrogen-bond acceptors (Lipinski definition) is 16. The summed E-state index contributed by atoms with van der Waals surface area (Å²) in [7, 11) is -17.9. The molecule has 44 heavy (non-hydrogen) atoms. The average molecular weight is 692 g/mol. The van der Waals surface area contributed by atoms with Gasteiger partial charge >= 0.3 is 0 Å². The van der Waals surface area contributed by atoms with Crippen LogP contribution in [0.5, 0.6) is 0 Å². The van der Waals surface area contributed by atoms with Gasteiger partial charge in [-0.3, -0.25) is 18.1 Å². The maximum atomic E-state index is 12.5. The molecule has 0 aliphatic carbocycles. The third kappa shape index (κ3) is 8.37. The van der Waals surface area contributed by atoms with Gasteiger partial charge in [-0.05, 0) is 42.5 Å². The van der Waals surface area contributed by atoms with E-state index in [4.69, 9.17) is 17.2 Å². The topological polar surface area (TPSA) is 331 Å². The molecule has 0 bridgehead atoms. The summed E-state index contributed by atoms with van der Waals surface area (Å²) < 4.78 is 118. The van der Waals surface area contributed by atoms with Crippen molar-refractivity contribution in [3.05, 3.63) is 54.1 Å². The molecule has 0 saturated carbocycles. The maximum Gasteiger partial charge on any atom is 0.296 e. The number of rotatable bonds is 12. The molecule has 23 heteroatoms. The summed E-state index contributed by atoms with van der Waals surface area (Å²) in [5, 5.41) is 14.9. The van der Waals surface area contributed by atoms with Gasteiger partial charge in [0.15, 0.2) is 9.84 Å². The number of carbonyl (C=O) groups is 1. The lowest BCUT2D eigenvalue weighted by molar-refractivity contribution is 0.1000. The van der Waals surface area contributed by atoms with Gasteiger partial charge in [-0.2, -0.15) is 21.9 Å². The van der Waals surface area contributed by atoms with E-state index in [-0.39, 0.29) is 11.3 Å². The van der Waals surface area contributed by atoms with Crippen LogP contribution < -0.4 is 17.2 Å². The van der Waals surface area contributed by atoms with Crippen LogP contribution in [0.2, 0.25) is 0 Å². The summed E-state index contributed by atoms with van der Waals surface area (Å²) in [6, 6.07) is 8.32. The molecule has 19 nitrogen and oxygen atoms in total. The summed E-state index contributed by atoms with van der Waals surface area (Å²) in [6.07, 6.45) is 0. The number of benzene rings is 3. The second-order valence-corrected chi connectivity index (χ2v) is 13.9. The van der Waals surface area contributed by atoms with E-state index in [0.717, 1.165) is 12.1 Å². The fourth-order valence-electron chi connectivity index (χ4n) is 3.32. The highest BCUT2D eigenvalue weighted by Crippen LogP contribution is 2.43. The van der Waals surface area contributed by atoms with Crippen molar-refractivity contribution in [2.75, 3.05) is 23.8 Å². The number of carbonyl (C=O) groups excluding carboxylic acids is 1. The van der Waals surface area contributed by atoms with Crippen molar-refractivity contribution in [3.8, 4) is 0 Å². The largest absolute Gasteiger partial charge is 0.396 e. The van der Waals surface area contributed by atoms with E-state index in [1.165, 1.54) is 24.3 Å². The first kappa shape index (κ1) is 34.1. The van der Waals surface area contributed by atoms with Crippen LogP contribution >= 0.6 is 0 Å². The molecular formula is C21H21N7O12S4. The number of primary amides is 1. The van der Waals surface area contributed by atoms with Crippen LogP contribution in [0.15, 0.2) is 83.7 Å². The van der Waals surface area contributed by atoms with E-state index >= 15 is 0 Å². The Hall–Kier alpha value is -4.39. The minimum absolute atomic E-state index is 0.0572. The SMILES string of the molecule is NC(=O)c1cccc(/N=N/c2c(N)c(/N=N/c3ccc(S(=O)(=O)CCO[SH](=O)=O)cc3S(=O)(=O)O)cc(S(=O)(=O)O)c2N)c1. The number of nitrogen functional groups attached to an aromatic ring is 2. The number of anilines is 2. The molecule has 8 N–H and O–H groups in total. The number of amides is 1. The number of nitrogens with zero attached hydrogens (tertiary/aromatic N) is 4. The van der Waals surface area contributed by atoms with Gasteiger partial charge in [0.1, 0.15) is 26.9 Å². The zero-order valence-corrected chi connectivity index (χ0v) is 25.0. The van der Waals surface area contributed by atoms with Gasteiger partial charge in [-0.25, -0.2) is 16.8 Å². The molecule has 3 aromatic rings. The summed E-state index contributed by atoms with van der Waals surface area (Å²) in [6.45, 7) is -0.771. The second-order valence-electron chi connectivity index (χ2n) is 8.34. The van der Waals surface area contributed by atoms with Crippen LogP contribution in [0.3, 0.4) is 0 Å². The number of sulfone groups is 1. The normalized spacial score (nSPS) is 12.8. The molecule has 0 spiro atoms. The molecule has 0 aromatic heterocycles. The fraction of sp³-hybridized carbons (Fsp3) is 0.0952. The lowest BCUT2D eigenvalue weighted by atomic mass is 10.2. The van der Waals surface area contributed by atoms with Crippen molar-refractivity contribution in [2.45, 2.75) is 14.7 Å². The number of hydrogen-bond donors (Lipinski definition) is 6. The fourth-order valence-corrected chi connectivity index (χ4v) is 6.15. The Balaban J connectivity index is 2.13. The molecule has 0 atom stereocenters. The van der Waals surface area contributed by atoms with Crippen molar-refractivity contribution in [2.24, 2.45) is 26.2 Å². The van der Waals surface area contributed by atoms with Crippen molar-refractivity contribution in [1.82, 2.24) is 0 Å². The number of azo groups is 2. The van der Waals surface area contributed by atoms with E-state index in [9.17, 15) is 47.6 Å². The van der Waals surface area contributed by atoms with Crippen molar-refractivity contribution in [1.29, 1.82) is 0 Å². The van der Waals surface area contributed by atoms with Gasteiger partial charge in [-0.1, -0.05) is 6.07 Å².